The molecule has 0 aromatic rings. The van der Waals surface area contributed by atoms with Crippen molar-refractivity contribution < 1.29 is 20.1 Å². The molecule has 4 heteroatoms. The van der Waals surface area contributed by atoms with Gasteiger partial charge in [-0.25, -0.2) is 0 Å². The summed E-state index contributed by atoms with van der Waals surface area (Å²) in [6.07, 6.45) is 29.5. The van der Waals surface area contributed by atoms with Gasteiger partial charge in [0.25, 0.3) is 0 Å². The number of fused-ring (bicyclic) bond motifs is 1. The minimum Gasteiger partial charge on any atom is -0.393 e. The van der Waals surface area contributed by atoms with Crippen molar-refractivity contribution in [3.63, 3.8) is 0 Å². The molecule has 44 heavy (non-hydrogen) atoms. The number of epoxide rings is 1. The minimum atomic E-state index is -0.897. The second-order valence-corrected chi connectivity index (χ2v) is 15.7. The first-order valence-corrected chi connectivity index (χ1v) is 16.5. The van der Waals surface area contributed by atoms with Gasteiger partial charge in [-0.1, -0.05) is 117 Å². The fraction of sp³-hybridized carbons (Fsp3) is 0.600. The third-order valence-electron chi connectivity index (χ3n) is 10.1. The van der Waals surface area contributed by atoms with Crippen LogP contribution in [-0.2, 0) is 4.74 Å². The van der Waals surface area contributed by atoms with Crippen LogP contribution in [0, 0.1) is 16.7 Å². The highest BCUT2D eigenvalue weighted by Gasteiger charge is 2.74. The van der Waals surface area contributed by atoms with E-state index < -0.39 is 11.7 Å². The molecule has 3 rings (SSSR count). The zero-order chi connectivity index (χ0) is 33.0. The number of ether oxygens (including phenoxy) is 1. The van der Waals surface area contributed by atoms with Crippen molar-refractivity contribution in [3.8, 4) is 0 Å². The fourth-order valence-corrected chi connectivity index (χ4v) is 7.86. The molecule has 2 saturated carbocycles. The lowest BCUT2D eigenvalue weighted by Gasteiger charge is -2.48. The molecule has 0 bridgehead atoms. The third-order valence-corrected chi connectivity index (χ3v) is 10.1. The average Bonchev–Trinajstić information content (AvgIpc) is 3.49. The van der Waals surface area contributed by atoms with Gasteiger partial charge in [0.1, 0.15) is 11.2 Å². The first-order valence-electron chi connectivity index (χ1n) is 16.5. The second kappa shape index (κ2) is 14.0. The van der Waals surface area contributed by atoms with Crippen LogP contribution in [-0.4, -0.2) is 44.3 Å². The number of hydrogen-bond acceptors (Lipinski definition) is 4. The summed E-state index contributed by atoms with van der Waals surface area (Å²) in [6, 6.07) is 0. The Morgan fingerprint density at radius 2 is 1.34 bits per heavy atom. The van der Waals surface area contributed by atoms with Crippen LogP contribution < -0.4 is 0 Å². The molecular weight excluding hydrogens is 544 g/mol. The third kappa shape index (κ3) is 8.94. The van der Waals surface area contributed by atoms with Crippen LogP contribution in [0.15, 0.2) is 95.2 Å². The van der Waals surface area contributed by atoms with E-state index in [9.17, 15) is 15.3 Å². The molecule has 244 valence electrons. The normalized spacial score (nSPS) is 36.6. The lowest BCUT2D eigenvalue weighted by atomic mass is 9.61. The lowest BCUT2D eigenvalue weighted by Crippen LogP contribution is -2.50. The largest absolute Gasteiger partial charge is 0.393 e. The number of allylic oxidation sites excluding steroid dienone is 14. The Bertz CT molecular complexity index is 1250. The molecule has 2 aliphatic carbocycles. The molecule has 0 aromatic heterocycles. The Kier molecular flexibility index (Phi) is 11.6. The van der Waals surface area contributed by atoms with E-state index in [0.717, 1.165) is 19.3 Å². The fourth-order valence-electron chi connectivity index (χ4n) is 7.86. The van der Waals surface area contributed by atoms with E-state index in [1.54, 1.807) is 0 Å². The van der Waals surface area contributed by atoms with Gasteiger partial charge in [0.05, 0.1) is 17.8 Å². The van der Waals surface area contributed by atoms with Gasteiger partial charge in [0, 0.05) is 24.2 Å². The van der Waals surface area contributed by atoms with Crippen LogP contribution in [0.4, 0.5) is 0 Å². The summed E-state index contributed by atoms with van der Waals surface area (Å²) >= 11 is 0. The Hall–Kier alpha value is -2.24. The van der Waals surface area contributed by atoms with Crippen LogP contribution in [0.1, 0.15) is 108 Å². The van der Waals surface area contributed by atoms with Crippen molar-refractivity contribution in [2.45, 2.75) is 137 Å². The molecule has 1 saturated heterocycles. The summed E-state index contributed by atoms with van der Waals surface area (Å²) in [7, 11) is 0. The van der Waals surface area contributed by atoms with E-state index in [2.05, 4.69) is 135 Å². The smallest absolute Gasteiger partial charge is 0.121 e. The minimum absolute atomic E-state index is 0.0104. The summed E-state index contributed by atoms with van der Waals surface area (Å²) in [5.74, 6) is 0.0104. The van der Waals surface area contributed by atoms with Crippen LogP contribution >= 0.6 is 0 Å². The maximum absolute atomic E-state index is 10.9. The van der Waals surface area contributed by atoms with Gasteiger partial charge in [-0.2, -0.15) is 0 Å². The van der Waals surface area contributed by atoms with Gasteiger partial charge >= 0.3 is 0 Å². The SMILES string of the molecule is CC(=C/C=C/C(C)=C/C=C/C=C(\C)CC/C=C(\C)C=CC1C(C)(C)C[C@H](O)C[C@@]1(C)O)/C=C/[C@@]12O[C@]1(C)C[C@@H](O)CC2(C)C. The van der Waals surface area contributed by atoms with Gasteiger partial charge in [0.2, 0.25) is 0 Å². The number of rotatable bonds is 11. The zero-order valence-corrected chi connectivity index (χ0v) is 29.2. The van der Waals surface area contributed by atoms with Gasteiger partial charge in [-0.3, -0.25) is 0 Å². The highest BCUT2D eigenvalue weighted by molar-refractivity contribution is 5.36. The van der Waals surface area contributed by atoms with E-state index in [1.165, 1.54) is 22.3 Å². The Morgan fingerprint density at radius 3 is 2.00 bits per heavy atom. The van der Waals surface area contributed by atoms with E-state index in [0.29, 0.717) is 19.3 Å². The lowest BCUT2D eigenvalue weighted by molar-refractivity contribution is -0.111. The molecule has 1 aliphatic heterocycles. The predicted octanol–water partition coefficient (Wildman–Crippen LogP) is 9.03. The Balaban J connectivity index is 1.46. The molecule has 6 atom stereocenters. The molecule has 0 amide bonds. The molecule has 3 fully saturated rings. The number of aliphatic hydroxyl groups excluding tert-OH is 2. The second-order valence-electron chi connectivity index (χ2n) is 15.7. The zero-order valence-electron chi connectivity index (χ0n) is 29.2. The molecule has 0 spiro atoms. The maximum Gasteiger partial charge on any atom is 0.121 e. The molecule has 3 N–H and O–H groups in total. The number of aliphatic hydroxyl groups is 3. The highest BCUT2D eigenvalue weighted by Crippen LogP contribution is 2.66. The molecule has 1 heterocycles. The van der Waals surface area contributed by atoms with Gasteiger partial charge in [0.15, 0.2) is 0 Å². The van der Waals surface area contributed by atoms with Gasteiger partial charge in [-0.15, -0.1) is 0 Å². The molecule has 0 aromatic carbocycles. The first-order chi connectivity index (χ1) is 20.3. The van der Waals surface area contributed by atoms with Gasteiger partial charge < -0.3 is 20.1 Å². The molecular formula is C40H60O4. The van der Waals surface area contributed by atoms with Crippen LogP contribution in [0.2, 0.25) is 0 Å². The van der Waals surface area contributed by atoms with Gasteiger partial charge in [-0.05, 0) is 78.7 Å². The molecule has 3 aliphatic rings. The van der Waals surface area contributed by atoms with E-state index in [1.807, 2.05) is 6.92 Å². The van der Waals surface area contributed by atoms with Crippen molar-refractivity contribution in [1.82, 2.24) is 0 Å². The summed E-state index contributed by atoms with van der Waals surface area (Å²) in [5, 5.41) is 31.3. The van der Waals surface area contributed by atoms with Crippen molar-refractivity contribution >= 4 is 0 Å². The predicted molar refractivity (Wildman–Crippen MR) is 185 cm³/mol. The standard InChI is InChI=1S/C40H60O4/c1-29(17-13-19-31(3)21-22-35-36(5,6)25-33(41)27-38(35,9)43)15-11-12-16-30(2)18-14-20-32(4)23-24-40-37(7,8)26-34(42)28-39(40,10)44-40/h11-12,14-16,18-24,33-35,41-43H,13,17,25-28H2,1-10H3/b12-11+,18-14+,22-21?,24-23+,29-15+,30-16+,31-19+,32-20-/t33-,34-,35?,38+,39+,40-/m0/s1. The Morgan fingerprint density at radius 1 is 0.727 bits per heavy atom. The summed E-state index contributed by atoms with van der Waals surface area (Å²) in [4.78, 5) is 0. The van der Waals surface area contributed by atoms with Crippen molar-refractivity contribution in [3.05, 3.63) is 95.2 Å². The topological polar surface area (TPSA) is 73.2 Å². The number of hydrogen-bond donors (Lipinski definition) is 3. The van der Waals surface area contributed by atoms with Crippen molar-refractivity contribution in [2.75, 3.05) is 0 Å². The quantitative estimate of drug-likeness (QED) is 0.163. The maximum atomic E-state index is 10.9. The van der Waals surface area contributed by atoms with E-state index >= 15 is 0 Å². The highest BCUT2D eigenvalue weighted by atomic mass is 16.6. The first kappa shape index (κ1) is 36.2. The summed E-state index contributed by atoms with van der Waals surface area (Å²) in [6.45, 7) is 21.1. The summed E-state index contributed by atoms with van der Waals surface area (Å²) < 4.78 is 6.25. The van der Waals surface area contributed by atoms with Crippen LogP contribution in [0.25, 0.3) is 0 Å². The van der Waals surface area contributed by atoms with E-state index in [4.69, 9.17) is 4.74 Å². The van der Waals surface area contributed by atoms with Crippen LogP contribution in [0.3, 0.4) is 0 Å². The molecule has 0 radical (unpaired) electrons. The van der Waals surface area contributed by atoms with Crippen LogP contribution in [0.5, 0.6) is 0 Å². The van der Waals surface area contributed by atoms with Crippen molar-refractivity contribution in [1.29, 1.82) is 0 Å². The summed E-state index contributed by atoms with van der Waals surface area (Å²) in [5.41, 5.74) is 3.18. The molecule has 1 unspecified atom stereocenters. The van der Waals surface area contributed by atoms with Crippen molar-refractivity contribution in [2.24, 2.45) is 16.7 Å². The molecule has 4 nitrogen and oxygen atoms in total. The van der Waals surface area contributed by atoms with E-state index in [-0.39, 0.29) is 34.1 Å². The monoisotopic (exact) mass is 604 g/mol. The Labute approximate surface area is 268 Å². The average molecular weight is 605 g/mol.